The molecule has 0 saturated heterocycles. The monoisotopic (exact) mass is 364 g/mol. The van der Waals surface area contributed by atoms with Crippen molar-refractivity contribution in [3.63, 3.8) is 0 Å². The van der Waals surface area contributed by atoms with Gasteiger partial charge in [0.05, 0.1) is 0 Å². The lowest BCUT2D eigenvalue weighted by Gasteiger charge is -2.30. The lowest BCUT2D eigenvalue weighted by atomic mass is 9.75. The summed E-state index contributed by atoms with van der Waals surface area (Å²) in [6.45, 7) is 23.3. The predicted molar refractivity (Wildman–Crippen MR) is 121 cm³/mol. The van der Waals surface area contributed by atoms with Crippen LogP contribution in [0.15, 0.2) is 42.5 Å². The van der Waals surface area contributed by atoms with Gasteiger partial charge in [0.25, 0.3) is 0 Å². The molecule has 0 bridgehead atoms. The average molecular weight is 365 g/mol. The van der Waals surface area contributed by atoms with E-state index >= 15 is 0 Å². The van der Waals surface area contributed by atoms with Gasteiger partial charge in [0.2, 0.25) is 0 Å². The van der Waals surface area contributed by atoms with Crippen molar-refractivity contribution >= 4 is 0 Å². The Bertz CT molecular complexity index is 773. The maximum absolute atomic E-state index is 2.47. The van der Waals surface area contributed by atoms with E-state index in [1.54, 1.807) is 0 Å². The van der Waals surface area contributed by atoms with E-state index in [1.807, 2.05) is 0 Å². The minimum absolute atomic E-state index is 0.162. The largest absolute Gasteiger partial charge is 0.0620 e. The number of benzene rings is 2. The van der Waals surface area contributed by atoms with Gasteiger partial charge in [-0.3, -0.25) is 0 Å². The second-order valence-electron chi connectivity index (χ2n) is 11.3. The molecule has 0 N–H and O–H groups in total. The van der Waals surface area contributed by atoms with E-state index in [-0.39, 0.29) is 16.2 Å². The molecule has 2 aromatic carbocycles. The molecule has 0 saturated carbocycles. The first-order chi connectivity index (χ1) is 12.2. The first-order valence-electron chi connectivity index (χ1n) is 10.4. The van der Waals surface area contributed by atoms with Gasteiger partial charge in [0.15, 0.2) is 0 Å². The molecule has 0 heterocycles. The molecule has 27 heavy (non-hydrogen) atoms. The van der Waals surface area contributed by atoms with Gasteiger partial charge in [-0.2, -0.15) is 0 Å². The first-order valence-corrected chi connectivity index (χ1v) is 10.4. The van der Waals surface area contributed by atoms with Crippen molar-refractivity contribution in [1.82, 2.24) is 0 Å². The summed E-state index contributed by atoms with van der Waals surface area (Å²) in [4.78, 5) is 0. The summed E-state index contributed by atoms with van der Waals surface area (Å²) in [6.07, 6.45) is 1.09. The molecule has 0 radical (unpaired) electrons. The molecule has 2 rings (SSSR count). The molecule has 0 aliphatic rings. The molecule has 0 nitrogen and oxygen atoms in total. The molecule has 0 aromatic heterocycles. The van der Waals surface area contributed by atoms with Crippen LogP contribution < -0.4 is 0 Å². The molecule has 0 amide bonds. The third-order valence-corrected chi connectivity index (χ3v) is 5.61. The summed E-state index contributed by atoms with van der Waals surface area (Å²) in [7, 11) is 0. The molecule has 1 unspecified atom stereocenters. The van der Waals surface area contributed by atoms with Crippen LogP contribution in [0.25, 0.3) is 0 Å². The topological polar surface area (TPSA) is 0 Å². The van der Waals surface area contributed by atoms with E-state index in [0.717, 1.165) is 6.42 Å². The normalized spacial score (nSPS) is 14.3. The molecule has 0 fully saturated rings. The van der Waals surface area contributed by atoms with Crippen LogP contribution in [0.1, 0.15) is 103 Å². The van der Waals surface area contributed by atoms with E-state index in [2.05, 4.69) is 112 Å². The van der Waals surface area contributed by atoms with Crippen molar-refractivity contribution < 1.29 is 0 Å². The lowest BCUT2D eigenvalue weighted by molar-refractivity contribution is 0.557. The van der Waals surface area contributed by atoms with Gasteiger partial charge in [0, 0.05) is 0 Å². The molecular weight excluding hydrogens is 324 g/mol. The van der Waals surface area contributed by atoms with E-state index in [1.165, 1.54) is 27.8 Å². The average Bonchev–Trinajstić information content (AvgIpc) is 2.52. The van der Waals surface area contributed by atoms with Gasteiger partial charge in [-0.15, -0.1) is 0 Å². The Morgan fingerprint density at radius 1 is 0.667 bits per heavy atom. The van der Waals surface area contributed by atoms with Crippen LogP contribution in [-0.2, 0) is 22.7 Å². The number of rotatable bonds is 3. The lowest BCUT2D eigenvalue weighted by Crippen LogP contribution is -2.20. The SMILES string of the molecule is CC(Cc1cc(C(C)(C)C)ccc1C(C)(C)C)c1ccccc1C(C)(C)C. The maximum Gasteiger partial charge on any atom is -0.0129 e. The van der Waals surface area contributed by atoms with Crippen LogP contribution in [0.4, 0.5) is 0 Å². The van der Waals surface area contributed by atoms with Crippen molar-refractivity contribution in [2.75, 3.05) is 0 Å². The zero-order valence-corrected chi connectivity index (χ0v) is 19.3. The van der Waals surface area contributed by atoms with Crippen LogP contribution in [0.2, 0.25) is 0 Å². The quantitative estimate of drug-likeness (QED) is 0.518. The minimum Gasteiger partial charge on any atom is -0.0620 e. The van der Waals surface area contributed by atoms with Gasteiger partial charge in [-0.1, -0.05) is 112 Å². The van der Waals surface area contributed by atoms with Crippen molar-refractivity contribution in [2.45, 2.75) is 97.8 Å². The van der Waals surface area contributed by atoms with E-state index in [9.17, 15) is 0 Å². The predicted octanol–water partition coefficient (Wildman–Crippen LogP) is 7.93. The third-order valence-electron chi connectivity index (χ3n) is 5.61. The Kier molecular flexibility index (Phi) is 6.00. The summed E-state index contributed by atoms with van der Waals surface area (Å²) in [5.41, 5.74) is 7.90. The van der Waals surface area contributed by atoms with Gasteiger partial charge in [-0.25, -0.2) is 0 Å². The Hall–Kier alpha value is -1.56. The van der Waals surface area contributed by atoms with Crippen LogP contribution in [0.3, 0.4) is 0 Å². The van der Waals surface area contributed by atoms with E-state index in [0.29, 0.717) is 5.92 Å². The Morgan fingerprint density at radius 3 is 1.74 bits per heavy atom. The highest BCUT2D eigenvalue weighted by Crippen LogP contribution is 2.36. The smallest absolute Gasteiger partial charge is 0.0129 e. The molecule has 148 valence electrons. The van der Waals surface area contributed by atoms with Crippen molar-refractivity contribution in [3.05, 3.63) is 70.3 Å². The van der Waals surface area contributed by atoms with Gasteiger partial charge < -0.3 is 0 Å². The molecule has 1 atom stereocenters. The summed E-state index contributed by atoms with van der Waals surface area (Å²) in [5, 5.41) is 0. The number of hydrogen-bond donors (Lipinski definition) is 0. The second kappa shape index (κ2) is 7.46. The highest BCUT2D eigenvalue weighted by atomic mass is 14.3. The first kappa shape index (κ1) is 21.7. The van der Waals surface area contributed by atoms with E-state index in [4.69, 9.17) is 0 Å². The summed E-state index contributed by atoms with van der Waals surface area (Å²) in [5.74, 6) is 0.497. The summed E-state index contributed by atoms with van der Waals surface area (Å²) < 4.78 is 0. The zero-order valence-electron chi connectivity index (χ0n) is 19.3. The maximum atomic E-state index is 2.47. The van der Waals surface area contributed by atoms with Crippen LogP contribution >= 0.6 is 0 Å². The van der Waals surface area contributed by atoms with Crippen LogP contribution in [-0.4, -0.2) is 0 Å². The Balaban J connectivity index is 2.50. The molecule has 0 aliphatic carbocycles. The minimum atomic E-state index is 0.162. The summed E-state index contributed by atoms with van der Waals surface area (Å²) >= 11 is 0. The van der Waals surface area contributed by atoms with Crippen LogP contribution in [0, 0.1) is 0 Å². The van der Waals surface area contributed by atoms with Gasteiger partial charge in [-0.05, 0) is 56.4 Å². The number of hydrogen-bond acceptors (Lipinski definition) is 0. The Morgan fingerprint density at radius 2 is 1.22 bits per heavy atom. The zero-order chi connectivity index (χ0) is 20.6. The highest BCUT2D eigenvalue weighted by molar-refractivity contribution is 5.42. The van der Waals surface area contributed by atoms with E-state index < -0.39 is 0 Å². The summed E-state index contributed by atoms with van der Waals surface area (Å²) in [6, 6.07) is 16.2. The van der Waals surface area contributed by atoms with Crippen molar-refractivity contribution in [2.24, 2.45) is 0 Å². The van der Waals surface area contributed by atoms with Crippen LogP contribution in [0.5, 0.6) is 0 Å². The Labute approximate surface area is 168 Å². The van der Waals surface area contributed by atoms with Gasteiger partial charge >= 0.3 is 0 Å². The standard InChI is InChI=1S/C27H40/c1-19(22-13-11-12-14-24(22)27(8,9)10)17-20-18-21(25(2,3)4)15-16-23(20)26(5,6)7/h11-16,18-19H,17H2,1-10H3. The third kappa shape index (κ3) is 5.24. The second-order valence-corrected chi connectivity index (χ2v) is 11.3. The molecule has 0 heteroatoms. The van der Waals surface area contributed by atoms with Gasteiger partial charge in [0.1, 0.15) is 0 Å². The fraction of sp³-hybridized carbons (Fsp3) is 0.556. The molecular formula is C27H40. The molecule has 0 spiro atoms. The fourth-order valence-electron chi connectivity index (χ4n) is 4.01. The fourth-order valence-corrected chi connectivity index (χ4v) is 4.01. The van der Waals surface area contributed by atoms with Crippen molar-refractivity contribution in [1.29, 1.82) is 0 Å². The molecule has 2 aromatic rings. The van der Waals surface area contributed by atoms with Crippen molar-refractivity contribution in [3.8, 4) is 0 Å². The highest BCUT2D eigenvalue weighted by Gasteiger charge is 2.25. The molecule has 0 aliphatic heterocycles.